The lowest BCUT2D eigenvalue weighted by atomic mass is 10.1. The molecule has 0 atom stereocenters. The van der Waals surface area contributed by atoms with E-state index in [1.54, 1.807) is 36.4 Å². The Balaban J connectivity index is 1.59. The van der Waals surface area contributed by atoms with Crippen LogP contribution in [0.3, 0.4) is 0 Å². The minimum absolute atomic E-state index is 0.233. The second-order valence-electron chi connectivity index (χ2n) is 7.05. The average Bonchev–Trinajstić information content (AvgIpc) is 2.81. The van der Waals surface area contributed by atoms with Crippen molar-refractivity contribution >= 4 is 63.1 Å². The van der Waals surface area contributed by atoms with Crippen molar-refractivity contribution < 1.29 is 19.1 Å². The molecule has 0 saturated carbocycles. The molecule has 3 rings (SSSR count). The van der Waals surface area contributed by atoms with Crippen molar-refractivity contribution in [1.29, 1.82) is 0 Å². The maximum Gasteiger partial charge on any atom is 0.343 e. The summed E-state index contributed by atoms with van der Waals surface area (Å²) in [6.07, 6.45) is 1.34. The molecular formula is C24H18BrCl2N3O4. The molecule has 2 N–H and O–H groups in total. The highest BCUT2D eigenvalue weighted by Crippen LogP contribution is 2.23. The van der Waals surface area contributed by atoms with Crippen LogP contribution in [-0.4, -0.2) is 30.5 Å². The van der Waals surface area contributed by atoms with E-state index in [0.29, 0.717) is 16.1 Å². The van der Waals surface area contributed by atoms with E-state index in [1.165, 1.54) is 24.4 Å². The zero-order valence-electron chi connectivity index (χ0n) is 17.8. The third kappa shape index (κ3) is 7.15. The molecule has 3 aromatic rings. The van der Waals surface area contributed by atoms with Crippen LogP contribution in [0.15, 0.2) is 70.2 Å². The topological polar surface area (TPSA) is 96.9 Å². The largest absolute Gasteiger partial charge is 0.422 e. The molecule has 174 valence electrons. The summed E-state index contributed by atoms with van der Waals surface area (Å²) >= 11 is 15.1. The van der Waals surface area contributed by atoms with E-state index >= 15 is 0 Å². The molecule has 0 aliphatic heterocycles. The highest BCUT2D eigenvalue weighted by molar-refractivity contribution is 9.10. The van der Waals surface area contributed by atoms with Crippen LogP contribution in [0.2, 0.25) is 10.0 Å². The molecule has 2 amide bonds. The fourth-order valence-electron chi connectivity index (χ4n) is 2.76. The van der Waals surface area contributed by atoms with E-state index in [1.807, 2.05) is 13.0 Å². The molecular weight excluding hydrogens is 545 g/mol. The van der Waals surface area contributed by atoms with Crippen molar-refractivity contribution in [2.75, 3.05) is 6.54 Å². The molecule has 0 spiro atoms. The summed E-state index contributed by atoms with van der Waals surface area (Å²) < 4.78 is 6.23. The number of carbonyl (C=O) groups is 3. The number of rotatable bonds is 7. The van der Waals surface area contributed by atoms with Crippen LogP contribution < -0.4 is 15.5 Å². The van der Waals surface area contributed by atoms with Crippen LogP contribution >= 0.6 is 39.1 Å². The normalized spacial score (nSPS) is 10.7. The number of hydrogen-bond donors (Lipinski definition) is 2. The summed E-state index contributed by atoms with van der Waals surface area (Å²) in [7, 11) is 0. The third-order valence-corrected chi connectivity index (χ3v) is 5.64. The molecule has 0 unspecified atom stereocenters. The van der Waals surface area contributed by atoms with E-state index in [9.17, 15) is 14.4 Å². The van der Waals surface area contributed by atoms with Gasteiger partial charge >= 0.3 is 5.97 Å². The van der Waals surface area contributed by atoms with Gasteiger partial charge in [0, 0.05) is 15.6 Å². The highest BCUT2D eigenvalue weighted by Gasteiger charge is 2.12. The van der Waals surface area contributed by atoms with Gasteiger partial charge in [-0.25, -0.2) is 10.2 Å². The second kappa shape index (κ2) is 11.8. The molecule has 0 aliphatic carbocycles. The van der Waals surface area contributed by atoms with Crippen molar-refractivity contribution in [3.63, 3.8) is 0 Å². The maximum absolute atomic E-state index is 12.5. The summed E-state index contributed by atoms with van der Waals surface area (Å²) in [5.74, 6) is -1.30. The van der Waals surface area contributed by atoms with Crippen LogP contribution in [0.25, 0.3) is 0 Å². The summed E-state index contributed by atoms with van der Waals surface area (Å²) in [5.41, 5.74) is 4.37. The maximum atomic E-state index is 12.5. The molecule has 34 heavy (non-hydrogen) atoms. The van der Waals surface area contributed by atoms with Crippen LogP contribution in [0.4, 0.5) is 0 Å². The number of ether oxygens (including phenoxy) is 1. The van der Waals surface area contributed by atoms with Crippen LogP contribution in [0.5, 0.6) is 5.75 Å². The Labute approximate surface area is 214 Å². The van der Waals surface area contributed by atoms with Crippen molar-refractivity contribution in [1.82, 2.24) is 10.7 Å². The fraction of sp³-hybridized carbons (Fsp3) is 0.0833. The van der Waals surface area contributed by atoms with E-state index in [-0.39, 0.29) is 22.9 Å². The van der Waals surface area contributed by atoms with Gasteiger partial charge in [0.05, 0.1) is 28.4 Å². The van der Waals surface area contributed by atoms with Gasteiger partial charge in [0.1, 0.15) is 5.75 Å². The Morgan fingerprint density at radius 1 is 1.00 bits per heavy atom. The lowest BCUT2D eigenvalue weighted by Gasteiger charge is -2.09. The number of hydrazone groups is 1. The van der Waals surface area contributed by atoms with Gasteiger partial charge in [-0.2, -0.15) is 5.10 Å². The molecule has 0 aromatic heterocycles. The minimum atomic E-state index is -0.557. The number of nitrogens with zero attached hydrogens (tertiary/aromatic N) is 1. The average molecular weight is 563 g/mol. The van der Waals surface area contributed by atoms with E-state index in [0.717, 1.165) is 10.0 Å². The molecule has 0 aliphatic rings. The van der Waals surface area contributed by atoms with Crippen LogP contribution in [-0.2, 0) is 4.79 Å². The zero-order chi connectivity index (χ0) is 24.7. The van der Waals surface area contributed by atoms with E-state index < -0.39 is 17.8 Å². The number of aryl methyl sites for hydroxylation is 1. The van der Waals surface area contributed by atoms with Gasteiger partial charge in [-0.3, -0.25) is 9.59 Å². The zero-order valence-corrected chi connectivity index (χ0v) is 20.9. The smallest absolute Gasteiger partial charge is 0.343 e. The first kappa shape index (κ1) is 25.4. The second-order valence-corrected chi connectivity index (χ2v) is 8.78. The summed E-state index contributed by atoms with van der Waals surface area (Å²) in [6.45, 7) is 1.56. The lowest BCUT2D eigenvalue weighted by molar-refractivity contribution is -0.120. The first-order valence-electron chi connectivity index (χ1n) is 9.86. The summed E-state index contributed by atoms with van der Waals surface area (Å²) in [5, 5.41) is 6.90. The Bertz CT molecular complexity index is 1280. The SMILES string of the molecule is Cc1cccc(C(=O)Oc2ccc(Br)cc2/C=N/NC(=O)CNC(=O)c2ccc(Cl)c(Cl)c2)c1. The molecule has 0 saturated heterocycles. The molecule has 0 bridgehead atoms. The number of halogens is 3. The highest BCUT2D eigenvalue weighted by atomic mass is 79.9. The summed E-state index contributed by atoms with van der Waals surface area (Å²) in [4.78, 5) is 36.7. The van der Waals surface area contributed by atoms with Gasteiger partial charge in [0.15, 0.2) is 0 Å². The lowest BCUT2D eigenvalue weighted by Crippen LogP contribution is -2.34. The Kier molecular flexibility index (Phi) is 8.81. The van der Waals surface area contributed by atoms with Crippen molar-refractivity contribution in [3.05, 3.63) is 97.4 Å². The van der Waals surface area contributed by atoms with E-state index in [4.69, 9.17) is 27.9 Å². The molecule has 3 aromatic carbocycles. The molecule has 7 nitrogen and oxygen atoms in total. The fourth-order valence-corrected chi connectivity index (χ4v) is 3.43. The monoisotopic (exact) mass is 561 g/mol. The Morgan fingerprint density at radius 2 is 1.79 bits per heavy atom. The Morgan fingerprint density at radius 3 is 2.53 bits per heavy atom. The van der Waals surface area contributed by atoms with Gasteiger partial charge in [0.25, 0.3) is 11.8 Å². The number of nitrogens with one attached hydrogen (secondary N) is 2. The Hall–Kier alpha value is -3.20. The predicted molar refractivity (Wildman–Crippen MR) is 135 cm³/mol. The molecule has 0 radical (unpaired) electrons. The number of hydrogen-bond acceptors (Lipinski definition) is 5. The van der Waals surface area contributed by atoms with Crippen molar-refractivity contribution in [3.8, 4) is 5.75 Å². The number of amides is 2. The molecule has 0 heterocycles. The minimum Gasteiger partial charge on any atom is -0.422 e. The number of esters is 1. The van der Waals surface area contributed by atoms with Crippen LogP contribution in [0, 0.1) is 6.92 Å². The standard InChI is InChI=1S/C24H18BrCl2N3O4/c1-14-3-2-4-16(9-14)24(33)34-21-8-6-18(25)10-17(21)12-29-30-22(31)13-28-23(32)15-5-7-19(26)20(27)11-15/h2-12H,13H2,1H3,(H,28,32)(H,30,31)/b29-12+. The number of carbonyl (C=O) groups excluding carboxylic acids is 3. The quantitative estimate of drug-likeness (QED) is 0.180. The summed E-state index contributed by atoms with van der Waals surface area (Å²) in [6, 6.07) is 16.4. The van der Waals surface area contributed by atoms with Gasteiger partial charge in [-0.15, -0.1) is 0 Å². The number of benzene rings is 3. The van der Waals surface area contributed by atoms with Gasteiger partial charge in [-0.05, 0) is 55.5 Å². The first-order valence-corrected chi connectivity index (χ1v) is 11.4. The third-order valence-electron chi connectivity index (χ3n) is 4.41. The van der Waals surface area contributed by atoms with Crippen molar-refractivity contribution in [2.45, 2.75) is 6.92 Å². The van der Waals surface area contributed by atoms with Gasteiger partial charge in [-0.1, -0.05) is 56.8 Å². The van der Waals surface area contributed by atoms with Gasteiger partial charge in [0.2, 0.25) is 0 Å². The van der Waals surface area contributed by atoms with Crippen LogP contribution in [0.1, 0.15) is 31.8 Å². The predicted octanol–water partition coefficient (Wildman–Crippen LogP) is 5.16. The van der Waals surface area contributed by atoms with E-state index in [2.05, 4.69) is 31.8 Å². The molecule has 10 heteroatoms. The van der Waals surface area contributed by atoms with Crippen molar-refractivity contribution in [2.24, 2.45) is 5.10 Å². The molecule has 0 fully saturated rings. The van der Waals surface area contributed by atoms with Gasteiger partial charge < -0.3 is 10.1 Å². The first-order chi connectivity index (χ1) is 16.2.